The second-order valence-electron chi connectivity index (χ2n) is 3.87. The van der Waals surface area contributed by atoms with Crippen LogP contribution in [0.2, 0.25) is 0 Å². The Hall–Kier alpha value is -0.920. The fourth-order valence-corrected chi connectivity index (χ4v) is 3.96. The van der Waals surface area contributed by atoms with E-state index in [0.717, 1.165) is 4.88 Å². The summed E-state index contributed by atoms with van der Waals surface area (Å²) < 4.78 is 26.1. The van der Waals surface area contributed by atoms with Gasteiger partial charge >= 0.3 is 5.97 Å². The van der Waals surface area contributed by atoms with E-state index in [1.54, 1.807) is 13.0 Å². The molecule has 1 atom stereocenters. The normalized spacial score (nSPS) is 13.6. The van der Waals surface area contributed by atoms with E-state index in [0.29, 0.717) is 4.88 Å². The molecule has 0 bridgehead atoms. The molecule has 17 heavy (non-hydrogen) atoms. The lowest BCUT2D eigenvalue weighted by molar-refractivity contribution is -0.140. The van der Waals surface area contributed by atoms with Gasteiger partial charge in [-0.1, -0.05) is 6.92 Å². The molecule has 0 aliphatic carbocycles. The van der Waals surface area contributed by atoms with Crippen molar-refractivity contribution in [2.75, 3.05) is 6.54 Å². The van der Waals surface area contributed by atoms with Gasteiger partial charge in [0.1, 0.15) is 0 Å². The lowest BCUT2D eigenvalue weighted by atomic mass is 10.2. The third kappa shape index (κ3) is 3.52. The summed E-state index contributed by atoms with van der Waals surface area (Å²) in [5.41, 5.74) is 0. The van der Waals surface area contributed by atoms with Gasteiger partial charge in [-0.3, -0.25) is 4.79 Å². The van der Waals surface area contributed by atoms with Crippen LogP contribution in [0.5, 0.6) is 0 Å². The third-order valence-electron chi connectivity index (χ3n) is 2.29. The predicted octanol–water partition coefficient (Wildman–Crippen LogP) is 1.36. The van der Waals surface area contributed by atoms with Gasteiger partial charge in [-0.2, -0.15) is 0 Å². The standard InChI is InChI=1S/C10H15NO4S2/c1-6(10(12)13)5-11-17(14,15)9-4-7(2)16-8(9)3/h4,6,11H,5H2,1-3H3,(H,12,13). The molecule has 7 heteroatoms. The maximum Gasteiger partial charge on any atom is 0.307 e. The SMILES string of the molecule is Cc1cc(S(=O)(=O)NCC(C)C(=O)O)c(C)s1. The lowest BCUT2D eigenvalue weighted by Gasteiger charge is -2.08. The fraction of sp³-hybridized carbons (Fsp3) is 0.500. The first kappa shape index (κ1) is 14.1. The summed E-state index contributed by atoms with van der Waals surface area (Å²) in [5.74, 6) is -1.77. The second kappa shape index (κ2) is 5.16. The Morgan fingerprint density at radius 1 is 1.53 bits per heavy atom. The largest absolute Gasteiger partial charge is 0.481 e. The van der Waals surface area contributed by atoms with Crippen LogP contribution in [0, 0.1) is 19.8 Å². The van der Waals surface area contributed by atoms with Crippen LogP contribution in [0.3, 0.4) is 0 Å². The van der Waals surface area contributed by atoms with Gasteiger partial charge in [0.05, 0.1) is 10.8 Å². The zero-order valence-corrected chi connectivity index (χ0v) is 11.5. The van der Waals surface area contributed by atoms with Crippen molar-refractivity contribution in [1.82, 2.24) is 4.72 Å². The maximum absolute atomic E-state index is 11.9. The van der Waals surface area contributed by atoms with Crippen LogP contribution < -0.4 is 4.72 Å². The number of hydrogen-bond acceptors (Lipinski definition) is 4. The first-order valence-corrected chi connectivity index (χ1v) is 7.33. The van der Waals surface area contributed by atoms with Gasteiger partial charge in [-0.25, -0.2) is 13.1 Å². The predicted molar refractivity (Wildman–Crippen MR) is 65.8 cm³/mol. The number of carboxylic acid groups (broad SMARTS) is 1. The van der Waals surface area contributed by atoms with Crippen molar-refractivity contribution in [3.05, 3.63) is 15.8 Å². The fourth-order valence-electron chi connectivity index (χ4n) is 1.27. The van der Waals surface area contributed by atoms with Crippen molar-refractivity contribution in [3.63, 3.8) is 0 Å². The van der Waals surface area contributed by atoms with Crippen molar-refractivity contribution >= 4 is 27.3 Å². The van der Waals surface area contributed by atoms with E-state index >= 15 is 0 Å². The van der Waals surface area contributed by atoms with E-state index in [1.165, 1.54) is 18.3 Å². The number of sulfonamides is 1. The van der Waals surface area contributed by atoms with Crippen LogP contribution in [-0.4, -0.2) is 26.0 Å². The molecule has 0 aromatic carbocycles. The highest BCUT2D eigenvalue weighted by Crippen LogP contribution is 2.24. The average Bonchev–Trinajstić information content (AvgIpc) is 2.55. The number of carboxylic acids is 1. The summed E-state index contributed by atoms with van der Waals surface area (Å²) in [5, 5.41) is 8.68. The minimum atomic E-state index is -3.60. The molecule has 2 N–H and O–H groups in total. The third-order valence-corrected chi connectivity index (χ3v) is 4.93. The Balaban J connectivity index is 2.83. The molecular formula is C10H15NO4S2. The minimum Gasteiger partial charge on any atom is -0.481 e. The second-order valence-corrected chi connectivity index (χ2v) is 7.06. The first-order valence-electron chi connectivity index (χ1n) is 5.03. The van der Waals surface area contributed by atoms with Gasteiger partial charge < -0.3 is 5.11 Å². The Morgan fingerprint density at radius 3 is 2.53 bits per heavy atom. The summed E-state index contributed by atoms with van der Waals surface area (Å²) in [4.78, 5) is 12.4. The first-order chi connectivity index (χ1) is 7.74. The molecule has 1 unspecified atom stereocenters. The molecule has 1 aromatic rings. The van der Waals surface area contributed by atoms with Crippen LogP contribution in [0.1, 0.15) is 16.7 Å². The van der Waals surface area contributed by atoms with Crippen molar-refractivity contribution in [3.8, 4) is 0 Å². The Bertz CT molecular complexity index is 518. The van der Waals surface area contributed by atoms with E-state index in [9.17, 15) is 13.2 Å². The molecule has 0 saturated heterocycles. The Labute approximate surface area is 105 Å². The smallest absolute Gasteiger partial charge is 0.307 e. The van der Waals surface area contributed by atoms with E-state index in [4.69, 9.17) is 5.11 Å². The molecule has 0 aliphatic rings. The highest BCUT2D eigenvalue weighted by molar-refractivity contribution is 7.89. The summed E-state index contributed by atoms with van der Waals surface area (Å²) in [6, 6.07) is 1.59. The number of nitrogens with one attached hydrogen (secondary N) is 1. The minimum absolute atomic E-state index is 0.105. The zero-order chi connectivity index (χ0) is 13.2. The molecule has 96 valence electrons. The molecule has 0 spiro atoms. The molecule has 0 radical (unpaired) electrons. The molecule has 0 saturated carbocycles. The van der Waals surface area contributed by atoms with Gasteiger partial charge in [0.15, 0.2) is 0 Å². The van der Waals surface area contributed by atoms with Crippen molar-refractivity contribution < 1.29 is 18.3 Å². The van der Waals surface area contributed by atoms with Crippen molar-refractivity contribution in [1.29, 1.82) is 0 Å². The Morgan fingerprint density at radius 2 is 2.12 bits per heavy atom. The summed E-state index contributed by atoms with van der Waals surface area (Å²) in [6.07, 6.45) is 0. The number of hydrogen-bond donors (Lipinski definition) is 2. The highest BCUT2D eigenvalue weighted by Gasteiger charge is 2.21. The molecule has 1 aromatic heterocycles. The van der Waals surface area contributed by atoms with Gasteiger partial charge in [0, 0.05) is 16.3 Å². The average molecular weight is 277 g/mol. The number of aryl methyl sites for hydroxylation is 2. The summed E-state index contributed by atoms with van der Waals surface area (Å²) in [6.45, 7) is 4.91. The van der Waals surface area contributed by atoms with E-state index < -0.39 is 21.9 Å². The van der Waals surface area contributed by atoms with Crippen molar-refractivity contribution in [2.45, 2.75) is 25.7 Å². The molecule has 1 heterocycles. The molecule has 5 nitrogen and oxygen atoms in total. The maximum atomic E-state index is 11.9. The monoisotopic (exact) mass is 277 g/mol. The highest BCUT2D eigenvalue weighted by atomic mass is 32.2. The molecular weight excluding hydrogens is 262 g/mol. The number of thiophene rings is 1. The van der Waals surface area contributed by atoms with Gasteiger partial charge in [-0.05, 0) is 19.9 Å². The molecule has 1 rings (SSSR count). The zero-order valence-electron chi connectivity index (χ0n) is 9.85. The molecule has 0 fully saturated rings. The summed E-state index contributed by atoms with van der Waals surface area (Å²) >= 11 is 1.40. The van der Waals surface area contributed by atoms with E-state index in [1.807, 2.05) is 6.92 Å². The number of carbonyl (C=O) groups is 1. The van der Waals surface area contributed by atoms with Crippen molar-refractivity contribution in [2.24, 2.45) is 5.92 Å². The van der Waals surface area contributed by atoms with Crippen LogP contribution in [-0.2, 0) is 14.8 Å². The Kier molecular flexibility index (Phi) is 4.29. The lowest BCUT2D eigenvalue weighted by Crippen LogP contribution is -2.31. The van der Waals surface area contributed by atoms with Gasteiger partial charge in [0.2, 0.25) is 10.0 Å². The summed E-state index contributed by atoms with van der Waals surface area (Å²) in [7, 11) is -3.60. The van der Waals surface area contributed by atoms with Crippen LogP contribution in [0.4, 0.5) is 0 Å². The molecule has 0 aliphatic heterocycles. The van der Waals surface area contributed by atoms with Gasteiger partial charge in [-0.15, -0.1) is 11.3 Å². The number of rotatable bonds is 5. The molecule has 0 amide bonds. The topological polar surface area (TPSA) is 83.5 Å². The van der Waals surface area contributed by atoms with E-state index in [2.05, 4.69) is 4.72 Å². The van der Waals surface area contributed by atoms with Gasteiger partial charge in [0.25, 0.3) is 0 Å². The van der Waals surface area contributed by atoms with Crippen LogP contribution >= 0.6 is 11.3 Å². The van der Waals surface area contributed by atoms with Crippen LogP contribution in [0.25, 0.3) is 0 Å². The quantitative estimate of drug-likeness (QED) is 0.851. The van der Waals surface area contributed by atoms with Crippen LogP contribution in [0.15, 0.2) is 11.0 Å². The number of aliphatic carboxylic acids is 1. The van der Waals surface area contributed by atoms with E-state index in [-0.39, 0.29) is 11.4 Å².